The minimum absolute atomic E-state index is 0.284. The predicted octanol–water partition coefficient (Wildman–Crippen LogP) is 0.722. The molecule has 0 aromatic rings. The van der Waals surface area contributed by atoms with Crippen molar-refractivity contribution in [2.24, 2.45) is 0 Å². The molecule has 3 nitrogen and oxygen atoms in total. The molecule has 0 N–H and O–H groups in total. The quantitative estimate of drug-likeness (QED) is 0.470. The first kappa shape index (κ1) is 9.45. The van der Waals surface area contributed by atoms with Crippen LogP contribution in [0.4, 0.5) is 0 Å². The lowest BCUT2D eigenvalue weighted by Gasteiger charge is -2.24. The molecule has 0 aromatic heterocycles. The summed E-state index contributed by atoms with van der Waals surface area (Å²) < 4.78 is 4.48. The van der Waals surface area contributed by atoms with E-state index in [0.29, 0.717) is 0 Å². The molecule has 0 unspecified atom stereocenters. The number of carbonyl (C=O) groups is 1. The summed E-state index contributed by atoms with van der Waals surface area (Å²) in [6, 6.07) is 0. The summed E-state index contributed by atoms with van der Waals surface area (Å²) in [6.45, 7) is 2.05. The van der Waals surface area contributed by atoms with Gasteiger partial charge in [0.2, 0.25) is 0 Å². The summed E-state index contributed by atoms with van der Waals surface area (Å²) in [6.07, 6.45) is 3.28. The average Bonchev–Trinajstić information content (AvgIpc) is 2.16. The van der Waals surface area contributed by atoms with Crippen LogP contribution < -0.4 is 0 Å². The van der Waals surface area contributed by atoms with Gasteiger partial charge in [0.05, 0.1) is 7.11 Å². The highest BCUT2D eigenvalue weighted by molar-refractivity contribution is 7.99. The van der Waals surface area contributed by atoms with E-state index in [1.165, 1.54) is 13.2 Å². The molecule has 0 saturated carbocycles. The third kappa shape index (κ3) is 3.17. The van der Waals surface area contributed by atoms with Crippen molar-refractivity contribution in [2.75, 3.05) is 31.7 Å². The van der Waals surface area contributed by atoms with Crippen LogP contribution in [0.2, 0.25) is 0 Å². The third-order valence-electron chi connectivity index (χ3n) is 1.67. The maximum atomic E-state index is 10.7. The van der Waals surface area contributed by atoms with Crippen molar-refractivity contribution < 1.29 is 9.53 Å². The summed E-state index contributed by atoms with van der Waals surface area (Å²) in [5.74, 6) is 2.00. The van der Waals surface area contributed by atoms with Gasteiger partial charge in [-0.15, -0.1) is 0 Å². The number of rotatable bonds is 2. The molecule has 12 heavy (non-hydrogen) atoms. The smallest absolute Gasteiger partial charge is 0.331 e. The number of esters is 1. The molecule has 0 radical (unpaired) electrons. The number of hydrogen-bond donors (Lipinski definition) is 0. The van der Waals surface area contributed by atoms with Gasteiger partial charge in [-0.3, -0.25) is 0 Å². The van der Waals surface area contributed by atoms with Crippen LogP contribution in [-0.4, -0.2) is 42.6 Å². The van der Waals surface area contributed by atoms with E-state index in [4.69, 9.17) is 0 Å². The van der Waals surface area contributed by atoms with Gasteiger partial charge < -0.3 is 9.64 Å². The van der Waals surface area contributed by atoms with E-state index in [2.05, 4.69) is 9.64 Å². The van der Waals surface area contributed by atoms with Crippen molar-refractivity contribution in [3.63, 3.8) is 0 Å². The van der Waals surface area contributed by atoms with Gasteiger partial charge in [0.15, 0.2) is 0 Å². The van der Waals surface area contributed by atoms with Gasteiger partial charge >= 0.3 is 5.97 Å². The van der Waals surface area contributed by atoms with Crippen molar-refractivity contribution >= 4 is 17.7 Å². The molecule has 4 heteroatoms. The molecule has 0 spiro atoms. The number of nitrogens with zero attached hydrogens (tertiary/aromatic N) is 1. The zero-order valence-corrected chi connectivity index (χ0v) is 7.97. The summed E-state index contributed by atoms with van der Waals surface area (Å²) in [5.41, 5.74) is 0. The minimum Gasteiger partial charge on any atom is -0.466 e. The Bertz CT molecular complexity index is 176. The second kappa shape index (κ2) is 5.09. The first-order valence-electron chi connectivity index (χ1n) is 3.91. The Balaban J connectivity index is 2.28. The molecule has 0 bridgehead atoms. The van der Waals surface area contributed by atoms with Crippen LogP contribution >= 0.6 is 11.8 Å². The molecule has 1 aliphatic rings. The van der Waals surface area contributed by atoms with Crippen LogP contribution in [0.5, 0.6) is 0 Å². The minimum atomic E-state index is -0.284. The Morgan fingerprint density at radius 2 is 2.17 bits per heavy atom. The first-order valence-corrected chi connectivity index (χ1v) is 5.06. The first-order chi connectivity index (χ1) is 5.83. The molecule has 1 rings (SSSR count). The maximum absolute atomic E-state index is 10.7. The largest absolute Gasteiger partial charge is 0.466 e. The molecule has 1 heterocycles. The zero-order chi connectivity index (χ0) is 8.81. The number of thioether (sulfide) groups is 1. The standard InChI is InChI=1S/C8H13NO2S/c1-11-8(10)2-3-9-4-6-12-7-5-9/h2-3H,4-7H2,1H3. The normalized spacial score (nSPS) is 18.2. The Morgan fingerprint density at radius 1 is 1.50 bits per heavy atom. The van der Waals surface area contributed by atoms with Crippen molar-refractivity contribution in [3.8, 4) is 0 Å². The third-order valence-corrected chi connectivity index (χ3v) is 2.61. The summed E-state index contributed by atoms with van der Waals surface area (Å²) in [4.78, 5) is 12.8. The number of methoxy groups -OCH3 is 1. The van der Waals surface area contributed by atoms with Crippen LogP contribution in [0.3, 0.4) is 0 Å². The van der Waals surface area contributed by atoms with Gasteiger partial charge in [-0.2, -0.15) is 11.8 Å². The van der Waals surface area contributed by atoms with Gasteiger partial charge in [-0.05, 0) is 0 Å². The lowest BCUT2D eigenvalue weighted by atomic mass is 10.5. The SMILES string of the molecule is COC(=O)C=CN1CCSCC1. The van der Waals surface area contributed by atoms with Crippen LogP contribution in [0.25, 0.3) is 0 Å². The van der Waals surface area contributed by atoms with Gasteiger partial charge in [0.1, 0.15) is 0 Å². The van der Waals surface area contributed by atoms with E-state index in [9.17, 15) is 4.79 Å². The summed E-state index contributed by atoms with van der Waals surface area (Å²) in [5, 5.41) is 0. The van der Waals surface area contributed by atoms with E-state index in [1.54, 1.807) is 0 Å². The van der Waals surface area contributed by atoms with Crippen molar-refractivity contribution in [2.45, 2.75) is 0 Å². The van der Waals surface area contributed by atoms with E-state index >= 15 is 0 Å². The average molecular weight is 187 g/mol. The Morgan fingerprint density at radius 3 is 2.75 bits per heavy atom. The van der Waals surface area contributed by atoms with Crippen LogP contribution in [-0.2, 0) is 9.53 Å². The number of hydrogen-bond acceptors (Lipinski definition) is 4. The maximum Gasteiger partial charge on any atom is 0.331 e. The second-order valence-electron chi connectivity index (χ2n) is 2.49. The molecular formula is C8H13NO2S. The highest BCUT2D eigenvalue weighted by Gasteiger charge is 2.05. The van der Waals surface area contributed by atoms with Gasteiger partial charge in [-0.25, -0.2) is 4.79 Å². The van der Waals surface area contributed by atoms with E-state index in [-0.39, 0.29) is 5.97 Å². The van der Waals surface area contributed by atoms with Crippen molar-refractivity contribution in [1.82, 2.24) is 4.90 Å². The molecule has 68 valence electrons. The Kier molecular flexibility index (Phi) is 4.00. The van der Waals surface area contributed by atoms with Gasteiger partial charge in [-0.1, -0.05) is 0 Å². The van der Waals surface area contributed by atoms with Crippen molar-refractivity contribution in [1.29, 1.82) is 0 Å². The van der Waals surface area contributed by atoms with Crippen molar-refractivity contribution in [3.05, 3.63) is 12.3 Å². The fraction of sp³-hybridized carbons (Fsp3) is 0.625. The molecule has 0 aromatic carbocycles. The van der Waals surface area contributed by atoms with Crippen LogP contribution in [0.1, 0.15) is 0 Å². The molecule has 0 amide bonds. The highest BCUT2D eigenvalue weighted by Crippen LogP contribution is 2.08. The summed E-state index contributed by atoms with van der Waals surface area (Å²) >= 11 is 1.95. The molecule has 0 aliphatic carbocycles. The van der Waals surface area contributed by atoms with Crippen LogP contribution in [0.15, 0.2) is 12.3 Å². The van der Waals surface area contributed by atoms with E-state index in [0.717, 1.165) is 24.6 Å². The highest BCUT2D eigenvalue weighted by atomic mass is 32.2. The lowest BCUT2D eigenvalue weighted by molar-refractivity contribution is -0.134. The molecule has 1 saturated heterocycles. The molecule has 1 fully saturated rings. The number of carbonyl (C=O) groups excluding carboxylic acids is 1. The Hall–Kier alpha value is -0.640. The van der Waals surface area contributed by atoms with Crippen LogP contribution in [0, 0.1) is 0 Å². The van der Waals surface area contributed by atoms with E-state index < -0.39 is 0 Å². The number of ether oxygens (including phenoxy) is 1. The molecule has 0 atom stereocenters. The molecular weight excluding hydrogens is 174 g/mol. The second-order valence-corrected chi connectivity index (χ2v) is 3.71. The fourth-order valence-electron chi connectivity index (χ4n) is 0.961. The monoisotopic (exact) mass is 187 g/mol. The zero-order valence-electron chi connectivity index (χ0n) is 7.16. The summed E-state index contributed by atoms with van der Waals surface area (Å²) in [7, 11) is 1.39. The van der Waals surface area contributed by atoms with Gasteiger partial charge in [0.25, 0.3) is 0 Å². The fourth-order valence-corrected chi connectivity index (χ4v) is 1.89. The van der Waals surface area contributed by atoms with E-state index in [1.807, 2.05) is 18.0 Å². The lowest BCUT2D eigenvalue weighted by Crippen LogP contribution is -2.27. The Labute approximate surface area is 76.8 Å². The predicted molar refractivity (Wildman–Crippen MR) is 50.1 cm³/mol. The topological polar surface area (TPSA) is 29.5 Å². The molecule has 1 aliphatic heterocycles. The van der Waals surface area contributed by atoms with Gasteiger partial charge in [0, 0.05) is 36.9 Å².